The molecule has 372 valence electrons. The van der Waals surface area contributed by atoms with Crippen LogP contribution in [0.15, 0.2) is 54.7 Å². The van der Waals surface area contributed by atoms with E-state index in [9.17, 15) is 0 Å². The maximum absolute atomic E-state index is 5.51. The Labute approximate surface area is 454 Å². The van der Waals surface area contributed by atoms with Gasteiger partial charge in [-0.25, -0.2) is 0 Å². The number of halogens is 3. The van der Waals surface area contributed by atoms with Crippen LogP contribution in [0.2, 0.25) is 0 Å². The minimum absolute atomic E-state index is 0.850. The van der Waals surface area contributed by atoms with Crippen molar-refractivity contribution in [2.45, 2.75) is 215 Å². The van der Waals surface area contributed by atoms with Gasteiger partial charge in [-0.2, -0.15) is 0 Å². The summed E-state index contributed by atoms with van der Waals surface area (Å²) in [5.41, 5.74) is 1.10. The van der Waals surface area contributed by atoms with E-state index in [-0.39, 0.29) is 0 Å². The largest absolute Gasteiger partial charge is 0.304 e. The molecule has 2 unspecified atom stereocenters. The molecule has 0 saturated heterocycles. The fourth-order valence-corrected chi connectivity index (χ4v) is 12.8. The molecule has 0 aliphatic carbocycles. The van der Waals surface area contributed by atoms with Crippen LogP contribution in [-0.2, 0) is 12.8 Å². The Morgan fingerprint density at radius 2 is 0.894 bits per heavy atom. The van der Waals surface area contributed by atoms with Gasteiger partial charge in [0.2, 0.25) is 0 Å². The van der Waals surface area contributed by atoms with Crippen molar-refractivity contribution >= 4 is 99.8 Å². The van der Waals surface area contributed by atoms with Crippen molar-refractivity contribution in [2.24, 2.45) is 11.8 Å². The molecule has 0 N–H and O–H groups in total. The van der Waals surface area contributed by atoms with Gasteiger partial charge < -0.3 is 4.90 Å². The van der Waals surface area contributed by atoms with Crippen molar-refractivity contribution in [1.29, 1.82) is 0 Å². The zero-order valence-corrected chi connectivity index (χ0v) is 51.2. The Morgan fingerprint density at radius 1 is 0.500 bits per heavy atom. The third-order valence-corrected chi connectivity index (χ3v) is 19.6. The molecule has 0 aromatic carbocycles. The summed E-state index contributed by atoms with van der Waals surface area (Å²) < 4.78 is 3.66. The summed E-state index contributed by atoms with van der Waals surface area (Å²) >= 11 is 16.4. The molecule has 0 saturated carbocycles. The van der Waals surface area contributed by atoms with Crippen LogP contribution in [-0.4, -0.2) is 24.5 Å². The van der Waals surface area contributed by atoms with E-state index in [2.05, 4.69) is 173 Å². The van der Waals surface area contributed by atoms with Gasteiger partial charge in [0.1, 0.15) is 0 Å². The maximum Gasteiger partial charge on any atom is 0.0854 e. The van der Waals surface area contributed by atoms with E-state index < -0.39 is 0 Å². The lowest BCUT2D eigenvalue weighted by Crippen LogP contribution is -2.21. The van der Waals surface area contributed by atoms with E-state index in [4.69, 9.17) is 6.42 Å². The van der Waals surface area contributed by atoms with E-state index in [1.165, 1.54) is 209 Å². The molecule has 4 rings (SSSR count). The summed E-state index contributed by atoms with van der Waals surface area (Å²) in [6.45, 7) is 19.3. The zero-order chi connectivity index (χ0) is 48.5. The van der Waals surface area contributed by atoms with Crippen molar-refractivity contribution in [3.05, 3.63) is 83.4 Å². The normalized spacial score (nSPS) is 11.6. The lowest BCUT2D eigenvalue weighted by atomic mass is 9.91. The summed E-state index contributed by atoms with van der Waals surface area (Å²) in [4.78, 5) is 7.67. The SMILES string of the molecule is Brc1sccc1I.C#Cc1ccc(CC(CCCCCC)CCCCCCCC)s1.CCCCCCCCC(CCCCCC)Cc1ccc(C#Cc2ccsc2Br)s1.CCN(CC)CC. The lowest BCUT2D eigenvalue weighted by molar-refractivity contribution is 0.321. The van der Waals surface area contributed by atoms with Gasteiger partial charge in [-0.1, -0.05) is 220 Å². The van der Waals surface area contributed by atoms with Crippen molar-refractivity contribution in [2.75, 3.05) is 19.6 Å². The zero-order valence-electron chi connectivity index (χ0n) is 42.6. The molecule has 1 nitrogen and oxygen atoms in total. The van der Waals surface area contributed by atoms with Gasteiger partial charge >= 0.3 is 0 Å². The molecule has 0 amide bonds. The van der Waals surface area contributed by atoms with Crippen LogP contribution in [0.4, 0.5) is 0 Å². The number of unbranched alkanes of at least 4 members (excludes halogenated alkanes) is 16. The molecule has 8 heteroatoms. The highest BCUT2D eigenvalue weighted by molar-refractivity contribution is 14.1. The molecule has 0 aliphatic rings. The van der Waals surface area contributed by atoms with Gasteiger partial charge in [0, 0.05) is 18.9 Å². The molecule has 4 aromatic rings. The number of terminal acetylenes is 1. The smallest absolute Gasteiger partial charge is 0.0854 e. The van der Waals surface area contributed by atoms with E-state index in [1.54, 1.807) is 22.7 Å². The summed E-state index contributed by atoms with van der Waals surface area (Å²) in [6.07, 6.45) is 41.5. The van der Waals surface area contributed by atoms with Crippen molar-refractivity contribution in [3.63, 3.8) is 0 Å². The number of hydrogen-bond donors (Lipinski definition) is 0. The second kappa shape index (κ2) is 44.5. The number of nitrogens with zero attached hydrogens (tertiary/aromatic N) is 1. The highest BCUT2D eigenvalue weighted by Crippen LogP contribution is 2.29. The van der Waals surface area contributed by atoms with Gasteiger partial charge in [-0.05, 0) is 146 Å². The topological polar surface area (TPSA) is 3.24 Å². The van der Waals surface area contributed by atoms with Gasteiger partial charge in [0.25, 0.3) is 0 Å². The predicted octanol–water partition coefficient (Wildman–Crippen LogP) is 21.9. The Morgan fingerprint density at radius 3 is 1.23 bits per heavy atom. The van der Waals surface area contributed by atoms with Crippen LogP contribution in [0.25, 0.3) is 0 Å². The minimum Gasteiger partial charge on any atom is -0.304 e. The first-order chi connectivity index (χ1) is 32.2. The molecular weight excluding hydrogens is 1130 g/mol. The van der Waals surface area contributed by atoms with Crippen molar-refractivity contribution in [1.82, 2.24) is 4.90 Å². The predicted molar refractivity (Wildman–Crippen MR) is 321 cm³/mol. The quantitative estimate of drug-likeness (QED) is 0.0276. The monoisotopic (exact) mass is 1210 g/mol. The molecule has 4 heterocycles. The second-order valence-electron chi connectivity index (χ2n) is 17.6. The average molecular weight is 1220 g/mol. The first-order valence-electron chi connectivity index (χ1n) is 26.2. The fraction of sp³-hybridized carbons (Fsp3) is 0.655. The third-order valence-electron chi connectivity index (χ3n) is 12.2. The maximum atomic E-state index is 5.51. The van der Waals surface area contributed by atoms with E-state index in [0.717, 1.165) is 26.1 Å². The Balaban J connectivity index is 0.000000517. The van der Waals surface area contributed by atoms with Crippen LogP contribution in [0.5, 0.6) is 0 Å². The lowest BCUT2D eigenvalue weighted by Gasteiger charge is -2.16. The summed E-state index contributed by atoms with van der Waals surface area (Å²) in [7, 11) is 0. The van der Waals surface area contributed by atoms with Crippen molar-refractivity contribution in [3.8, 4) is 24.2 Å². The van der Waals surface area contributed by atoms with Crippen LogP contribution >= 0.6 is 99.8 Å². The first kappa shape index (κ1) is 63.6. The molecule has 4 aromatic heterocycles. The van der Waals surface area contributed by atoms with Gasteiger partial charge in [0.15, 0.2) is 0 Å². The molecular formula is C58H90Br2INS4. The highest BCUT2D eigenvalue weighted by Gasteiger charge is 2.13. The number of rotatable bonds is 31. The second-order valence-corrected chi connectivity index (χ2v) is 25.6. The fourth-order valence-electron chi connectivity index (χ4n) is 7.99. The van der Waals surface area contributed by atoms with Crippen LogP contribution in [0, 0.1) is 39.6 Å². The summed E-state index contributed by atoms with van der Waals surface area (Å²) in [6, 6.07) is 13.1. The van der Waals surface area contributed by atoms with Crippen LogP contribution in [0.1, 0.15) is 228 Å². The van der Waals surface area contributed by atoms with E-state index in [0.29, 0.717) is 0 Å². The standard InChI is InChI=1S/C26H37BrS2.C22H36S.C6H15N.C4H2BrIS/c1-3-5-7-9-10-12-14-22(13-11-8-6-4-2)21-25-18-17-24(29-25)16-15-23-19-20-28-26(23)27;1-4-7-9-11-12-14-16-20(15-13-10-8-5-2)19-22-18-17-21(6-3)23-22;1-4-7(5-2)6-3;5-4-3(6)1-2-7-4/h17-20,22H,3-14,21H2,1-2H3;3,17-18,20H,4-5,7-16,19H2,1-2H3;4-6H2,1-3H3;1-2H. The Kier molecular flexibility index (Phi) is 42.9. The molecule has 0 spiro atoms. The van der Waals surface area contributed by atoms with Gasteiger partial charge in [0.05, 0.1) is 17.3 Å². The van der Waals surface area contributed by atoms with Gasteiger partial charge in [-0.3, -0.25) is 0 Å². The van der Waals surface area contributed by atoms with Crippen molar-refractivity contribution < 1.29 is 0 Å². The average Bonchev–Trinajstić information content (AvgIpc) is 4.16. The molecule has 2 atom stereocenters. The number of thiophene rings is 4. The van der Waals surface area contributed by atoms with Gasteiger partial charge in [-0.15, -0.1) is 51.8 Å². The molecule has 0 fully saturated rings. The Hall–Kier alpha value is -0.430. The molecule has 0 radical (unpaired) electrons. The molecule has 0 aliphatic heterocycles. The third kappa shape index (κ3) is 33.2. The van der Waals surface area contributed by atoms with E-state index in [1.807, 2.05) is 22.7 Å². The minimum atomic E-state index is 0.850. The Bertz CT molecular complexity index is 1760. The summed E-state index contributed by atoms with van der Waals surface area (Å²) in [5.74, 6) is 11.1. The van der Waals surface area contributed by atoms with Crippen LogP contribution in [0.3, 0.4) is 0 Å². The van der Waals surface area contributed by atoms with Crippen LogP contribution < -0.4 is 0 Å². The summed E-state index contributed by atoms with van der Waals surface area (Å²) in [5, 5.41) is 4.14. The highest BCUT2D eigenvalue weighted by atomic mass is 127. The van der Waals surface area contributed by atoms with E-state index >= 15 is 0 Å². The molecule has 66 heavy (non-hydrogen) atoms. The number of hydrogen-bond acceptors (Lipinski definition) is 5. The first-order valence-corrected chi connectivity index (χ1v) is 32.2. The molecule has 0 bridgehead atoms.